The second kappa shape index (κ2) is 8.14. The predicted molar refractivity (Wildman–Crippen MR) is 90.4 cm³/mol. The van der Waals surface area contributed by atoms with Crippen molar-refractivity contribution in [2.45, 2.75) is 67.2 Å². The Bertz CT molecular complexity index is 418. The van der Waals surface area contributed by atoms with Crippen LogP contribution < -0.4 is 0 Å². The SMILES string of the molecule is C=C(CC(C)(C)c1c(C)cc(C)cc1C)OCC.CC. The van der Waals surface area contributed by atoms with Gasteiger partial charge in [-0.3, -0.25) is 0 Å². The van der Waals surface area contributed by atoms with Gasteiger partial charge in [-0.2, -0.15) is 0 Å². The van der Waals surface area contributed by atoms with Crippen molar-refractivity contribution in [1.29, 1.82) is 0 Å². The highest BCUT2D eigenvalue weighted by Crippen LogP contribution is 2.35. The minimum absolute atomic E-state index is 0.0636. The van der Waals surface area contributed by atoms with E-state index in [1.54, 1.807) is 0 Å². The largest absolute Gasteiger partial charge is 0.499 e. The monoisotopic (exact) mass is 276 g/mol. The number of aryl methyl sites for hydroxylation is 3. The summed E-state index contributed by atoms with van der Waals surface area (Å²) in [5.41, 5.74) is 5.54. The molecule has 0 radical (unpaired) electrons. The van der Waals surface area contributed by atoms with Crippen LogP contribution in [0.4, 0.5) is 0 Å². The quantitative estimate of drug-likeness (QED) is 0.612. The van der Waals surface area contributed by atoms with Gasteiger partial charge in [-0.1, -0.05) is 52.0 Å². The smallest absolute Gasteiger partial charge is 0.0896 e. The number of benzene rings is 1. The van der Waals surface area contributed by atoms with E-state index in [0.29, 0.717) is 6.61 Å². The summed E-state index contributed by atoms with van der Waals surface area (Å²) in [6.45, 7) is 21.8. The Labute approximate surface area is 126 Å². The van der Waals surface area contributed by atoms with E-state index in [9.17, 15) is 0 Å². The van der Waals surface area contributed by atoms with Gasteiger partial charge in [-0.05, 0) is 49.8 Å². The maximum atomic E-state index is 5.51. The van der Waals surface area contributed by atoms with E-state index >= 15 is 0 Å². The maximum absolute atomic E-state index is 5.51. The van der Waals surface area contributed by atoms with Crippen LogP contribution >= 0.6 is 0 Å². The molecule has 1 heteroatoms. The molecule has 1 aromatic rings. The van der Waals surface area contributed by atoms with Crippen molar-refractivity contribution in [1.82, 2.24) is 0 Å². The lowest BCUT2D eigenvalue weighted by Crippen LogP contribution is -2.21. The van der Waals surface area contributed by atoms with Crippen molar-refractivity contribution >= 4 is 0 Å². The molecule has 0 aromatic heterocycles. The Hall–Kier alpha value is -1.24. The zero-order valence-electron chi connectivity index (χ0n) is 14.7. The molecule has 0 aliphatic heterocycles. The lowest BCUT2D eigenvalue weighted by Gasteiger charge is -2.30. The van der Waals surface area contributed by atoms with Crippen molar-refractivity contribution in [3.05, 3.63) is 46.7 Å². The summed E-state index contributed by atoms with van der Waals surface area (Å²) in [4.78, 5) is 0. The standard InChI is InChI=1S/C17H26O.C2H6/c1-8-18-15(5)11-17(6,7)16-13(3)9-12(2)10-14(16)4;1-2/h9-10H,5,8,11H2,1-4,6-7H3;1-2H3. The number of hydrogen-bond acceptors (Lipinski definition) is 1. The Morgan fingerprint density at radius 2 is 1.55 bits per heavy atom. The van der Waals surface area contributed by atoms with E-state index in [0.717, 1.165) is 12.2 Å². The van der Waals surface area contributed by atoms with Crippen LogP contribution in [-0.2, 0) is 10.2 Å². The van der Waals surface area contributed by atoms with E-state index in [1.807, 2.05) is 20.8 Å². The summed E-state index contributed by atoms with van der Waals surface area (Å²) in [5.74, 6) is 0.877. The fraction of sp³-hybridized carbons (Fsp3) is 0.579. The van der Waals surface area contributed by atoms with Gasteiger partial charge in [-0.15, -0.1) is 0 Å². The van der Waals surface area contributed by atoms with Crippen LogP contribution in [0.1, 0.15) is 63.3 Å². The molecule has 0 unspecified atom stereocenters. The van der Waals surface area contributed by atoms with E-state index in [1.165, 1.54) is 22.3 Å². The van der Waals surface area contributed by atoms with Crippen LogP contribution in [0.15, 0.2) is 24.5 Å². The molecular weight excluding hydrogens is 244 g/mol. The van der Waals surface area contributed by atoms with Gasteiger partial charge < -0.3 is 4.74 Å². The molecule has 0 aliphatic carbocycles. The number of ether oxygens (including phenoxy) is 1. The van der Waals surface area contributed by atoms with Crippen molar-refractivity contribution < 1.29 is 4.74 Å². The van der Waals surface area contributed by atoms with E-state index < -0.39 is 0 Å². The zero-order chi connectivity index (χ0) is 15.9. The van der Waals surface area contributed by atoms with Gasteiger partial charge in [0.25, 0.3) is 0 Å². The van der Waals surface area contributed by atoms with Gasteiger partial charge in [0.15, 0.2) is 0 Å². The minimum atomic E-state index is 0.0636. The first-order valence-corrected chi connectivity index (χ1v) is 7.67. The van der Waals surface area contributed by atoms with Crippen LogP contribution in [0.25, 0.3) is 0 Å². The number of rotatable bonds is 5. The van der Waals surface area contributed by atoms with Crippen molar-refractivity contribution in [3.8, 4) is 0 Å². The summed E-state index contributed by atoms with van der Waals surface area (Å²) in [5, 5.41) is 0. The van der Waals surface area contributed by atoms with Crippen molar-refractivity contribution in [2.75, 3.05) is 6.61 Å². The van der Waals surface area contributed by atoms with Gasteiger partial charge in [0.2, 0.25) is 0 Å². The third-order valence-electron chi connectivity index (χ3n) is 3.34. The summed E-state index contributed by atoms with van der Waals surface area (Å²) in [6, 6.07) is 4.51. The fourth-order valence-corrected chi connectivity index (χ4v) is 3.08. The van der Waals surface area contributed by atoms with Crippen LogP contribution in [0, 0.1) is 20.8 Å². The highest BCUT2D eigenvalue weighted by Gasteiger charge is 2.26. The summed E-state index contributed by atoms with van der Waals surface area (Å²) >= 11 is 0. The Morgan fingerprint density at radius 3 is 1.95 bits per heavy atom. The molecule has 114 valence electrons. The predicted octanol–water partition coefficient (Wildman–Crippen LogP) is 5.86. The maximum Gasteiger partial charge on any atom is 0.0896 e. The van der Waals surface area contributed by atoms with Gasteiger partial charge in [0.05, 0.1) is 12.4 Å². The van der Waals surface area contributed by atoms with Gasteiger partial charge in [0, 0.05) is 6.42 Å². The molecule has 1 aromatic carbocycles. The Morgan fingerprint density at radius 1 is 1.10 bits per heavy atom. The van der Waals surface area contributed by atoms with Crippen LogP contribution in [0.5, 0.6) is 0 Å². The normalized spacial score (nSPS) is 10.6. The van der Waals surface area contributed by atoms with Crippen molar-refractivity contribution in [3.63, 3.8) is 0 Å². The third-order valence-corrected chi connectivity index (χ3v) is 3.34. The van der Waals surface area contributed by atoms with E-state index in [4.69, 9.17) is 4.74 Å². The van der Waals surface area contributed by atoms with Crippen LogP contribution in [0.3, 0.4) is 0 Å². The highest BCUT2D eigenvalue weighted by molar-refractivity contribution is 5.42. The molecule has 1 rings (SSSR count). The number of allylic oxidation sites excluding steroid dienone is 1. The molecule has 1 nitrogen and oxygen atoms in total. The molecule has 0 saturated carbocycles. The Kier molecular flexibility index (Phi) is 7.63. The molecule has 0 heterocycles. The van der Waals surface area contributed by atoms with E-state index in [2.05, 4.69) is 53.3 Å². The Balaban J connectivity index is 0.00000172. The molecule has 20 heavy (non-hydrogen) atoms. The average Bonchev–Trinajstić information content (AvgIpc) is 2.28. The lowest BCUT2D eigenvalue weighted by atomic mass is 9.76. The van der Waals surface area contributed by atoms with Gasteiger partial charge in [0.1, 0.15) is 0 Å². The second-order valence-corrected chi connectivity index (χ2v) is 5.81. The lowest BCUT2D eigenvalue weighted by molar-refractivity contribution is 0.205. The third kappa shape index (κ3) is 5.03. The van der Waals surface area contributed by atoms with Gasteiger partial charge >= 0.3 is 0 Å². The highest BCUT2D eigenvalue weighted by atomic mass is 16.5. The topological polar surface area (TPSA) is 9.23 Å². The molecule has 0 aliphatic rings. The van der Waals surface area contributed by atoms with Crippen molar-refractivity contribution in [2.24, 2.45) is 0 Å². The molecule has 0 spiro atoms. The molecule has 0 amide bonds. The fourth-order valence-electron chi connectivity index (χ4n) is 3.08. The first-order chi connectivity index (χ1) is 9.27. The van der Waals surface area contributed by atoms with Gasteiger partial charge in [-0.25, -0.2) is 0 Å². The number of hydrogen-bond donors (Lipinski definition) is 0. The second-order valence-electron chi connectivity index (χ2n) is 5.81. The summed E-state index contributed by atoms with van der Waals surface area (Å²) < 4.78 is 5.51. The van der Waals surface area contributed by atoms with E-state index in [-0.39, 0.29) is 5.41 Å². The first-order valence-electron chi connectivity index (χ1n) is 7.67. The molecule has 0 atom stereocenters. The first kappa shape index (κ1) is 18.8. The van der Waals surface area contributed by atoms with Crippen LogP contribution in [0.2, 0.25) is 0 Å². The molecule has 0 bridgehead atoms. The zero-order valence-corrected chi connectivity index (χ0v) is 14.7. The minimum Gasteiger partial charge on any atom is -0.499 e. The summed E-state index contributed by atoms with van der Waals surface area (Å²) in [7, 11) is 0. The summed E-state index contributed by atoms with van der Waals surface area (Å²) in [6.07, 6.45) is 0.867. The molecular formula is C19H32O. The molecule has 0 fully saturated rings. The molecule has 0 saturated heterocycles. The molecule has 0 N–H and O–H groups in total. The van der Waals surface area contributed by atoms with Crippen LogP contribution in [-0.4, -0.2) is 6.61 Å². The average molecular weight is 276 g/mol.